The number of hydrogen-bond acceptors (Lipinski definition) is 6. The molecule has 1 fully saturated rings. The minimum Gasteiger partial charge on any atom is -0.492 e. The van der Waals surface area contributed by atoms with E-state index in [1.54, 1.807) is 24.4 Å². The van der Waals surface area contributed by atoms with Crippen molar-refractivity contribution in [2.24, 2.45) is 0 Å². The molecule has 1 aromatic heterocycles. The van der Waals surface area contributed by atoms with E-state index in [4.69, 9.17) is 27.9 Å². The van der Waals surface area contributed by atoms with Crippen LogP contribution in [0.15, 0.2) is 60.8 Å². The maximum absolute atomic E-state index is 13.0. The van der Waals surface area contributed by atoms with Crippen molar-refractivity contribution >= 4 is 40.6 Å². The zero-order chi connectivity index (χ0) is 24.7. The number of carbonyl (C=O) groups excluding carboxylic acids is 1. The Hall–Kier alpha value is -2.87. The molecule has 0 radical (unpaired) electrons. The molecule has 2 aromatic carbocycles. The molecule has 4 rings (SSSR count). The summed E-state index contributed by atoms with van der Waals surface area (Å²) in [6, 6.07) is 16.4. The number of nitrogens with zero attached hydrogens (tertiary/aromatic N) is 3. The third-order valence-electron chi connectivity index (χ3n) is 6.08. The van der Waals surface area contributed by atoms with Crippen LogP contribution in [0.2, 0.25) is 10.3 Å². The van der Waals surface area contributed by atoms with Crippen LogP contribution in [-0.4, -0.2) is 46.3 Å². The molecule has 9 heteroatoms. The van der Waals surface area contributed by atoms with E-state index in [1.165, 1.54) is 0 Å². The summed E-state index contributed by atoms with van der Waals surface area (Å²) in [5, 5.41) is 14.1. The number of aromatic nitrogens is 2. The Morgan fingerprint density at radius 3 is 2.60 bits per heavy atom. The fraction of sp³-hybridized carbons (Fsp3) is 0.346. The molecule has 0 bridgehead atoms. The zero-order valence-electron chi connectivity index (χ0n) is 19.3. The molecule has 1 aliphatic rings. The normalized spacial score (nSPS) is 14.8. The van der Waals surface area contributed by atoms with Crippen molar-refractivity contribution in [3.05, 3.63) is 76.7 Å². The van der Waals surface area contributed by atoms with E-state index in [2.05, 4.69) is 15.3 Å². The highest BCUT2D eigenvalue weighted by molar-refractivity contribution is 6.34. The molecule has 7 nitrogen and oxygen atoms in total. The number of para-hydroxylation sites is 1. The van der Waals surface area contributed by atoms with Crippen LogP contribution in [0.25, 0.3) is 0 Å². The Morgan fingerprint density at radius 2 is 1.86 bits per heavy atom. The first-order chi connectivity index (χ1) is 16.9. The number of ether oxygens (including phenoxy) is 1. The Bertz CT molecular complexity index is 1140. The van der Waals surface area contributed by atoms with Crippen molar-refractivity contribution in [3.8, 4) is 5.75 Å². The number of benzene rings is 2. The van der Waals surface area contributed by atoms with Gasteiger partial charge in [-0.1, -0.05) is 49.1 Å². The highest BCUT2D eigenvalue weighted by Gasteiger charge is 2.30. The van der Waals surface area contributed by atoms with Crippen molar-refractivity contribution in [1.82, 2.24) is 15.3 Å². The smallest absolute Gasteiger partial charge is 0.252 e. The first-order valence-corrected chi connectivity index (χ1v) is 12.4. The van der Waals surface area contributed by atoms with Crippen LogP contribution < -0.4 is 15.0 Å². The van der Waals surface area contributed by atoms with Gasteiger partial charge in [-0.25, -0.2) is 9.97 Å². The fourth-order valence-corrected chi connectivity index (χ4v) is 4.55. The number of aliphatic hydroxyl groups is 1. The van der Waals surface area contributed by atoms with Gasteiger partial charge in [0.05, 0.1) is 22.7 Å². The van der Waals surface area contributed by atoms with Crippen LogP contribution in [0.3, 0.4) is 0 Å². The molecule has 1 heterocycles. The average molecular weight is 515 g/mol. The molecule has 0 spiro atoms. The topological polar surface area (TPSA) is 87.6 Å². The molecule has 0 unspecified atom stereocenters. The van der Waals surface area contributed by atoms with Gasteiger partial charge >= 0.3 is 0 Å². The lowest BCUT2D eigenvalue weighted by Crippen LogP contribution is -2.44. The Balaban J connectivity index is 1.53. The van der Waals surface area contributed by atoms with Gasteiger partial charge in [-0.3, -0.25) is 4.79 Å². The van der Waals surface area contributed by atoms with Gasteiger partial charge in [-0.05, 0) is 60.8 Å². The lowest BCUT2D eigenvalue weighted by molar-refractivity contribution is 0.00526. The minimum atomic E-state index is -0.865. The second-order valence-corrected chi connectivity index (χ2v) is 9.37. The van der Waals surface area contributed by atoms with Crippen LogP contribution in [0.5, 0.6) is 5.75 Å². The fourth-order valence-electron chi connectivity index (χ4n) is 4.21. The van der Waals surface area contributed by atoms with Crippen LogP contribution in [0, 0.1) is 0 Å². The van der Waals surface area contributed by atoms with Crippen LogP contribution in [0.1, 0.15) is 42.5 Å². The van der Waals surface area contributed by atoms with Crippen LogP contribution in [0.4, 0.5) is 11.5 Å². The minimum absolute atomic E-state index is 0.115. The molecule has 184 valence electrons. The van der Waals surface area contributed by atoms with Crippen molar-refractivity contribution < 1.29 is 14.6 Å². The number of amides is 1. The van der Waals surface area contributed by atoms with E-state index < -0.39 is 5.60 Å². The molecule has 1 aliphatic carbocycles. The number of rotatable bonds is 9. The van der Waals surface area contributed by atoms with Crippen molar-refractivity contribution in [1.29, 1.82) is 0 Å². The first-order valence-electron chi connectivity index (χ1n) is 11.7. The summed E-state index contributed by atoms with van der Waals surface area (Å²) in [7, 11) is 0. The van der Waals surface area contributed by atoms with E-state index in [1.807, 2.05) is 41.3 Å². The van der Waals surface area contributed by atoms with Gasteiger partial charge in [0.1, 0.15) is 18.2 Å². The van der Waals surface area contributed by atoms with Gasteiger partial charge in [0.15, 0.2) is 0 Å². The van der Waals surface area contributed by atoms with E-state index in [-0.39, 0.29) is 17.7 Å². The molecule has 2 N–H and O–H groups in total. The maximum atomic E-state index is 13.0. The first kappa shape index (κ1) is 25.2. The number of hydrogen-bond donors (Lipinski definition) is 2. The summed E-state index contributed by atoms with van der Waals surface area (Å²) >= 11 is 12.4. The summed E-state index contributed by atoms with van der Waals surface area (Å²) in [6.45, 7) is 0.996. The maximum Gasteiger partial charge on any atom is 0.252 e. The van der Waals surface area contributed by atoms with Crippen molar-refractivity contribution in [2.45, 2.75) is 37.7 Å². The highest BCUT2D eigenvalue weighted by Crippen LogP contribution is 2.30. The highest BCUT2D eigenvalue weighted by atomic mass is 35.5. The lowest BCUT2D eigenvalue weighted by Gasteiger charge is -2.32. The number of halogens is 2. The number of anilines is 2. The van der Waals surface area contributed by atoms with Crippen molar-refractivity contribution in [3.63, 3.8) is 0 Å². The molecule has 0 aliphatic heterocycles. The van der Waals surface area contributed by atoms with Crippen molar-refractivity contribution in [2.75, 3.05) is 24.6 Å². The van der Waals surface area contributed by atoms with Gasteiger partial charge in [-0.2, -0.15) is 0 Å². The summed E-state index contributed by atoms with van der Waals surface area (Å²) in [6.07, 6.45) is 5.98. The van der Waals surface area contributed by atoms with Gasteiger partial charge in [0, 0.05) is 18.4 Å². The second-order valence-electron chi connectivity index (χ2n) is 8.63. The SMILES string of the molecule is O=C(NCC1(O)CCCCC1)c1cc(N(CCOc2ccccc2)c2ccnc(Cl)n2)ccc1Cl. The monoisotopic (exact) mass is 514 g/mol. The Kier molecular flexibility index (Phi) is 8.44. The standard InChI is InChI=1S/C26H28Cl2N4O3/c27-22-10-9-19(17-21(22)24(33)30-18-26(34)12-5-2-6-13-26)32(23-11-14-29-25(28)31-23)15-16-35-20-7-3-1-4-8-20/h1,3-4,7-11,14,17,34H,2,5-6,12-13,15-16,18H2,(H,30,33). The molecule has 1 saturated carbocycles. The predicted octanol–water partition coefficient (Wildman–Crippen LogP) is 5.43. The van der Waals surface area contributed by atoms with Crippen LogP contribution in [-0.2, 0) is 0 Å². The molecular formula is C26H28Cl2N4O3. The van der Waals surface area contributed by atoms with Gasteiger partial charge in [0.2, 0.25) is 5.28 Å². The van der Waals surface area contributed by atoms with Gasteiger partial charge in [-0.15, -0.1) is 0 Å². The summed E-state index contributed by atoms with van der Waals surface area (Å²) < 4.78 is 5.88. The quantitative estimate of drug-likeness (QED) is 0.370. The number of carbonyl (C=O) groups is 1. The molecule has 3 aromatic rings. The molecule has 0 atom stereocenters. The third kappa shape index (κ3) is 6.84. The Labute approximate surface area is 215 Å². The largest absolute Gasteiger partial charge is 0.492 e. The summed E-state index contributed by atoms with van der Waals surface area (Å²) in [4.78, 5) is 23.2. The van der Waals surface area contributed by atoms with E-state index in [0.29, 0.717) is 48.1 Å². The van der Waals surface area contributed by atoms with E-state index >= 15 is 0 Å². The van der Waals surface area contributed by atoms with Gasteiger partial charge < -0.3 is 20.1 Å². The third-order valence-corrected chi connectivity index (χ3v) is 6.60. The molecule has 0 saturated heterocycles. The molecule has 1 amide bonds. The van der Waals surface area contributed by atoms with Crippen LogP contribution >= 0.6 is 23.2 Å². The molecular weight excluding hydrogens is 487 g/mol. The Morgan fingerprint density at radius 1 is 1.09 bits per heavy atom. The summed E-state index contributed by atoms with van der Waals surface area (Å²) in [5.74, 6) is 0.980. The number of nitrogens with one attached hydrogen (secondary N) is 1. The molecule has 35 heavy (non-hydrogen) atoms. The lowest BCUT2D eigenvalue weighted by atomic mass is 9.85. The summed E-state index contributed by atoms with van der Waals surface area (Å²) in [5.41, 5.74) is 0.149. The second kappa shape index (κ2) is 11.7. The van der Waals surface area contributed by atoms with E-state index in [9.17, 15) is 9.90 Å². The predicted molar refractivity (Wildman–Crippen MR) is 138 cm³/mol. The average Bonchev–Trinajstić information content (AvgIpc) is 2.87. The van der Waals surface area contributed by atoms with Gasteiger partial charge in [0.25, 0.3) is 5.91 Å². The van der Waals surface area contributed by atoms with E-state index in [0.717, 1.165) is 25.0 Å². The zero-order valence-corrected chi connectivity index (χ0v) is 20.8.